The van der Waals surface area contributed by atoms with Crippen LogP contribution in [0.25, 0.3) is 0 Å². The van der Waals surface area contributed by atoms with Gasteiger partial charge in [0.25, 0.3) is 0 Å². The van der Waals surface area contributed by atoms with Gasteiger partial charge < -0.3 is 5.32 Å². The van der Waals surface area contributed by atoms with Crippen molar-refractivity contribution in [1.82, 2.24) is 25.5 Å². The third-order valence-corrected chi connectivity index (χ3v) is 4.11. The number of nitrogens with one attached hydrogen (secondary N) is 1. The molecule has 0 aliphatic rings. The van der Waals surface area contributed by atoms with Crippen LogP contribution in [0.2, 0.25) is 5.02 Å². The second-order valence-corrected chi connectivity index (χ2v) is 6.58. The molecule has 7 heteroatoms. The van der Waals surface area contributed by atoms with Crippen LogP contribution in [-0.4, -0.2) is 33.3 Å². The molecule has 0 aliphatic carbocycles. The molecule has 114 valence electrons. The van der Waals surface area contributed by atoms with Crippen LogP contribution in [0.1, 0.15) is 19.4 Å². The monoisotopic (exact) mass is 325 g/mol. The first-order chi connectivity index (χ1) is 10.1. The van der Waals surface area contributed by atoms with Crippen LogP contribution in [0.4, 0.5) is 0 Å². The molecule has 0 bridgehead atoms. The van der Waals surface area contributed by atoms with Crippen LogP contribution in [0.15, 0.2) is 29.4 Å². The summed E-state index contributed by atoms with van der Waals surface area (Å²) in [6.45, 7) is 7.05. The van der Waals surface area contributed by atoms with Crippen LogP contribution >= 0.6 is 23.4 Å². The summed E-state index contributed by atoms with van der Waals surface area (Å²) in [7, 11) is 0. The molecule has 0 unspecified atom stereocenters. The minimum Gasteiger partial charge on any atom is -0.315 e. The van der Waals surface area contributed by atoms with E-state index in [1.165, 1.54) is 5.56 Å². The third-order valence-electron chi connectivity index (χ3n) is 2.83. The smallest absolute Gasteiger partial charge is 0.209 e. The zero-order chi connectivity index (χ0) is 15.1. The van der Waals surface area contributed by atoms with Crippen molar-refractivity contribution >= 4 is 23.4 Å². The molecule has 1 heterocycles. The van der Waals surface area contributed by atoms with Gasteiger partial charge in [0.05, 0.1) is 6.54 Å². The van der Waals surface area contributed by atoms with Gasteiger partial charge in [-0.2, -0.15) is 0 Å². The van der Waals surface area contributed by atoms with E-state index in [4.69, 9.17) is 11.6 Å². The minimum absolute atomic E-state index is 0.651. The lowest BCUT2D eigenvalue weighted by atomic mass is 10.2. The van der Waals surface area contributed by atoms with Crippen LogP contribution in [0, 0.1) is 5.92 Å². The number of aromatic nitrogens is 4. The molecule has 0 saturated carbocycles. The van der Waals surface area contributed by atoms with Gasteiger partial charge in [0.2, 0.25) is 5.16 Å². The summed E-state index contributed by atoms with van der Waals surface area (Å²) in [6.07, 6.45) is 0. The van der Waals surface area contributed by atoms with E-state index in [0.29, 0.717) is 5.92 Å². The predicted octanol–water partition coefficient (Wildman–Crippen LogP) is 2.86. The molecule has 0 aliphatic heterocycles. The van der Waals surface area contributed by atoms with Crippen molar-refractivity contribution < 1.29 is 0 Å². The maximum absolute atomic E-state index is 5.88. The van der Waals surface area contributed by atoms with Crippen molar-refractivity contribution in [3.05, 3.63) is 34.9 Å². The second kappa shape index (κ2) is 8.36. The Labute approximate surface area is 134 Å². The molecule has 5 nitrogen and oxygen atoms in total. The van der Waals surface area contributed by atoms with E-state index in [0.717, 1.165) is 35.6 Å². The summed E-state index contributed by atoms with van der Waals surface area (Å²) in [6, 6.07) is 7.84. The Balaban J connectivity index is 1.81. The highest BCUT2D eigenvalue weighted by Gasteiger charge is 2.07. The minimum atomic E-state index is 0.651. The number of tetrazole rings is 1. The molecule has 0 spiro atoms. The predicted molar refractivity (Wildman–Crippen MR) is 86.5 cm³/mol. The number of rotatable bonds is 8. The van der Waals surface area contributed by atoms with Crippen molar-refractivity contribution in [3.63, 3.8) is 0 Å². The fraction of sp³-hybridized carbons (Fsp3) is 0.500. The SMILES string of the molecule is CC(C)CNCCn1nnnc1SCc1ccc(Cl)cc1. The molecule has 0 amide bonds. The lowest BCUT2D eigenvalue weighted by Gasteiger charge is -2.08. The van der Waals surface area contributed by atoms with Crippen LogP contribution < -0.4 is 5.32 Å². The molecule has 21 heavy (non-hydrogen) atoms. The van der Waals surface area contributed by atoms with Crippen LogP contribution in [0.5, 0.6) is 0 Å². The zero-order valence-electron chi connectivity index (χ0n) is 12.3. The molecule has 1 aromatic carbocycles. The zero-order valence-corrected chi connectivity index (χ0v) is 13.9. The molecule has 0 atom stereocenters. The molecule has 2 rings (SSSR count). The highest BCUT2D eigenvalue weighted by Crippen LogP contribution is 2.20. The lowest BCUT2D eigenvalue weighted by molar-refractivity contribution is 0.482. The van der Waals surface area contributed by atoms with Gasteiger partial charge in [0, 0.05) is 17.3 Å². The van der Waals surface area contributed by atoms with Gasteiger partial charge >= 0.3 is 0 Å². The van der Waals surface area contributed by atoms with E-state index in [9.17, 15) is 0 Å². The van der Waals surface area contributed by atoms with E-state index in [1.807, 2.05) is 28.9 Å². The largest absolute Gasteiger partial charge is 0.315 e. The van der Waals surface area contributed by atoms with Crippen molar-refractivity contribution in [2.45, 2.75) is 31.3 Å². The van der Waals surface area contributed by atoms with Crippen molar-refractivity contribution in [2.24, 2.45) is 5.92 Å². The number of hydrogen-bond donors (Lipinski definition) is 1. The summed E-state index contributed by atoms with van der Waals surface area (Å²) >= 11 is 7.51. The quantitative estimate of drug-likeness (QED) is 0.597. The van der Waals surface area contributed by atoms with Gasteiger partial charge in [-0.1, -0.05) is 49.3 Å². The molecule has 0 saturated heterocycles. The Hall–Kier alpha value is -1.11. The first-order valence-corrected chi connectivity index (χ1v) is 8.35. The van der Waals surface area contributed by atoms with Gasteiger partial charge in [0.15, 0.2) is 0 Å². The van der Waals surface area contributed by atoms with E-state index in [-0.39, 0.29) is 0 Å². The van der Waals surface area contributed by atoms with E-state index in [1.54, 1.807) is 11.8 Å². The van der Waals surface area contributed by atoms with E-state index < -0.39 is 0 Å². The summed E-state index contributed by atoms with van der Waals surface area (Å²) in [5.74, 6) is 1.48. The highest BCUT2D eigenvalue weighted by molar-refractivity contribution is 7.98. The fourth-order valence-electron chi connectivity index (χ4n) is 1.74. The molecular weight excluding hydrogens is 306 g/mol. The summed E-state index contributed by atoms with van der Waals surface area (Å²) in [4.78, 5) is 0. The Morgan fingerprint density at radius 3 is 2.76 bits per heavy atom. The van der Waals surface area contributed by atoms with Gasteiger partial charge in [-0.15, -0.1) is 5.10 Å². The Bertz CT molecular complexity index is 541. The Kier molecular flexibility index (Phi) is 6.48. The maximum Gasteiger partial charge on any atom is 0.209 e. The van der Waals surface area contributed by atoms with Gasteiger partial charge in [-0.3, -0.25) is 0 Å². The summed E-state index contributed by atoms with van der Waals surface area (Å²) in [5.41, 5.74) is 1.21. The molecule has 1 aromatic heterocycles. The topological polar surface area (TPSA) is 55.6 Å². The molecular formula is C14H20ClN5S. The van der Waals surface area contributed by atoms with Crippen LogP contribution in [-0.2, 0) is 12.3 Å². The molecule has 1 N–H and O–H groups in total. The summed E-state index contributed by atoms with van der Waals surface area (Å²) in [5, 5.41) is 16.9. The van der Waals surface area contributed by atoms with Crippen LogP contribution in [0.3, 0.4) is 0 Å². The third kappa shape index (κ3) is 5.65. The average molecular weight is 326 g/mol. The lowest BCUT2D eigenvalue weighted by Crippen LogP contribution is -2.24. The van der Waals surface area contributed by atoms with Gasteiger partial charge in [-0.25, -0.2) is 4.68 Å². The number of hydrogen-bond acceptors (Lipinski definition) is 5. The normalized spacial score (nSPS) is 11.2. The van der Waals surface area contributed by atoms with Crippen molar-refractivity contribution in [1.29, 1.82) is 0 Å². The number of thioether (sulfide) groups is 1. The standard InChI is InChI=1S/C14H20ClN5S/c1-11(2)9-16-7-8-20-14(17-18-19-20)21-10-12-3-5-13(15)6-4-12/h3-6,11,16H,7-10H2,1-2H3. The van der Waals surface area contributed by atoms with Gasteiger partial charge in [0.1, 0.15) is 0 Å². The molecule has 2 aromatic rings. The summed E-state index contributed by atoms with van der Waals surface area (Å²) < 4.78 is 1.84. The maximum atomic E-state index is 5.88. The van der Waals surface area contributed by atoms with E-state index in [2.05, 4.69) is 34.7 Å². The number of halogens is 1. The number of benzene rings is 1. The van der Waals surface area contributed by atoms with Crippen molar-refractivity contribution in [2.75, 3.05) is 13.1 Å². The second-order valence-electron chi connectivity index (χ2n) is 5.20. The highest BCUT2D eigenvalue weighted by atomic mass is 35.5. The molecule has 0 fully saturated rings. The fourth-order valence-corrected chi connectivity index (χ4v) is 2.73. The van der Waals surface area contributed by atoms with Crippen molar-refractivity contribution in [3.8, 4) is 0 Å². The number of nitrogens with zero attached hydrogens (tertiary/aromatic N) is 4. The average Bonchev–Trinajstić information content (AvgIpc) is 2.90. The first kappa shape index (κ1) is 16.3. The van der Waals surface area contributed by atoms with Gasteiger partial charge in [-0.05, 0) is 40.6 Å². The van der Waals surface area contributed by atoms with E-state index >= 15 is 0 Å². The first-order valence-electron chi connectivity index (χ1n) is 6.99. The Morgan fingerprint density at radius 2 is 2.05 bits per heavy atom. The molecule has 0 radical (unpaired) electrons. The Morgan fingerprint density at radius 1 is 1.29 bits per heavy atom.